The summed E-state index contributed by atoms with van der Waals surface area (Å²) in [6.45, 7) is 1.99. The summed E-state index contributed by atoms with van der Waals surface area (Å²) in [6, 6.07) is 0. The molecule has 0 heterocycles. The Bertz CT molecular complexity index is 167. The Morgan fingerprint density at radius 3 is 2.50 bits per heavy atom. The van der Waals surface area contributed by atoms with Gasteiger partial charge in [-0.1, -0.05) is 23.2 Å². The summed E-state index contributed by atoms with van der Waals surface area (Å²) in [5.41, 5.74) is 0. The van der Waals surface area contributed by atoms with Gasteiger partial charge in [-0.25, -0.2) is 0 Å². The Kier molecular flexibility index (Phi) is 8.27. The summed E-state index contributed by atoms with van der Waals surface area (Å²) in [5, 5.41) is 0. The van der Waals surface area contributed by atoms with Crippen molar-refractivity contribution >= 4 is 29.1 Å². The van der Waals surface area contributed by atoms with E-state index in [2.05, 4.69) is 0 Å². The van der Waals surface area contributed by atoms with E-state index in [1.54, 1.807) is 14.2 Å². The van der Waals surface area contributed by atoms with E-state index in [-0.39, 0.29) is 5.91 Å². The molecule has 0 aliphatic rings. The smallest absolute Gasteiger partial charge is 0.255 e. The molecule has 0 aliphatic heterocycles. The van der Waals surface area contributed by atoms with Crippen molar-refractivity contribution in [2.24, 2.45) is 0 Å². The van der Waals surface area contributed by atoms with Crippen LogP contribution < -0.4 is 0 Å². The molecule has 6 heteroatoms. The van der Waals surface area contributed by atoms with Gasteiger partial charge in [-0.15, -0.1) is 0 Å². The van der Waals surface area contributed by atoms with Gasteiger partial charge in [0.1, 0.15) is 0 Å². The fourth-order valence-electron chi connectivity index (χ4n) is 0.723. The Balaban J connectivity index is 3.44. The van der Waals surface area contributed by atoms with Crippen molar-refractivity contribution in [2.75, 3.05) is 40.5 Å². The molecule has 0 aliphatic carbocycles. The van der Waals surface area contributed by atoms with Crippen LogP contribution in [0.2, 0.25) is 0 Å². The van der Waals surface area contributed by atoms with Gasteiger partial charge in [0.25, 0.3) is 5.91 Å². The molecule has 4 nitrogen and oxygen atoms in total. The van der Waals surface area contributed by atoms with Gasteiger partial charge in [-0.3, -0.25) is 4.79 Å². The first-order chi connectivity index (χ1) is 6.59. The third kappa shape index (κ3) is 6.43. The summed E-state index contributed by atoms with van der Waals surface area (Å²) in [6.07, 6.45) is 0. The molecule has 0 radical (unpaired) electrons. The summed E-state index contributed by atoms with van der Waals surface area (Å²) in [4.78, 5) is 11.6. The molecule has 1 amide bonds. The van der Waals surface area contributed by atoms with Crippen molar-refractivity contribution in [1.29, 1.82) is 0 Å². The Hall–Kier alpha value is -0.0300. The molecule has 0 aromatic carbocycles. The number of nitrogens with zero attached hydrogens (tertiary/aromatic N) is 1. The number of halogens is 2. The first-order valence-electron chi connectivity index (χ1n) is 4.19. The lowest BCUT2D eigenvalue weighted by molar-refractivity contribution is -0.128. The average Bonchev–Trinajstić information content (AvgIpc) is 2.16. The van der Waals surface area contributed by atoms with Crippen LogP contribution in [0.25, 0.3) is 0 Å². The van der Waals surface area contributed by atoms with Gasteiger partial charge in [0.15, 0.2) is 4.84 Å². The highest BCUT2D eigenvalue weighted by molar-refractivity contribution is 6.53. The molecule has 84 valence electrons. The molecule has 0 atom stereocenters. The fraction of sp³-hybridized carbons (Fsp3) is 0.875. The largest absolute Gasteiger partial charge is 0.382 e. The van der Waals surface area contributed by atoms with Crippen molar-refractivity contribution in [1.82, 2.24) is 4.90 Å². The molecule has 0 unspecified atom stereocenters. The zero-order valence-electron chi connectivity index (χ0n) is 8.33. The number of ether oxygens (including phenoxy) is 2. The molecular formula is C8H15Cl2NO3. The first-order valence-corrected chi connectivity index (χ1v) is 5.06. The number of carbonyl (C=O) groups excluding carboxylic acids is 1. The van der Waals surface area contributed by atoms with Crippen LogP contribution in [-0.4, -0.2) is 56.2 Å². The maximum absolute atomic E-state index is 11.1. The molecule has 0 aromatic heterocycles. The number of rotatable bonds is 7. The molecular weight excluding hydrogens is 229 g/mol. The van der Waals surface area contributed by atoms with Gasteiger partial charge in [-0.2, -0.15) is 0 Å². The molecule has 0 saturated heterocycles. The van der Waals surface area contributed by atoms with Crippen LogP contribution in [0.15, 0.2) is 0 Å². The lowest BCUT2D eigenvalue weighted by Gasteiger charge is -2.17. The minimum atomic E-state index is -1.00. The highest BCUT2D eigenvalue weighted by atomic mass is 35.5. The van der Waals surface area contributed by atoms with Crippen molar-refractivity contribution in [3.05, 3.63) is 0 Å². The number of hydrogen-bond acceptors (Lipinski definition) is 3. The SMILES string of the molecule is COCCOCCN(C)C(=O)C(Cl)Cl. The topological polar surface area (TPSA) is 38.8 Å². The summed E-state index contributed by atoms with van der Waals surface area (Å²) < 4.78 is 9.96. The monoisotopic (exact) mass is 243 g/mol. The molecule has 0 bridgehead atoms. The summed E-state index contributed by atoms with van der Waals surface area (Å²) in [5.74, 6) is -0.316. The predicted molar refractivity (Wildman–Crippen MR) is 55.8 cm³/mol. The third-order valence-corrected chi connectivity index (χ3v) is 1.94. The van der Waals surface area contributed by atoms with Crippen LogP contribution in [-0.2, 0) is 14.3 Å². The average molecular weight is 244 g/mol. The van der Waals surface area contributed by atoms with E-state index in [1.165, 1.54) is 4.90 Å². The molecule has 0 fully saturated rings. The molecule has 0 rings (SSSR count). The van der Waals surface area contributed by atoms with Crippen LogP contribution in [0.1, 0.15) is 0 Å². The van der Waals surface area contributed by atoms with Crippen molar-refractivity contribution < 1.29 is 14.3 Å². The third-order valence-electron chi connectivity index (χ3n) is 1.57. The van der Waals surface area contributed by atoms with E-state index in [9.17, 15) is 4.79 Å². The van der Waals surface area contributed by atoms with Crippen molar-refractivity contribution in [3.8, 4) is 0 Å². The van der Waals surface area contributed by atoms with E-state index in [1.807, 2.05) is 0 Å². The van der Waals surface area contributed by atoms with Gasteiger partial charge in [0, 0.05) is 20.7 Å². The summed E-state index contributed by atoms with van der Waals surface area (Å²) in [7, 11) is 3.23. The van der Waals surface area contributed by atoms with Crippen LogP contribution in [0.3, 0.4) is 0 Å². The quantitative estimate of drug-likeness (QED) is 0.493. The molecule has 0 spiro atoms. The minimum absolute atomic E-state index is 0.316. The van der Waals surface area contributed by atoms with Crippen LogP contribution in [0, 0.1) is 0 Å². The maximum Gasteiger partial charge on any atom is 0.255 e. The van der Waals surface area contributed by atoms with E-state index in [0.29, 0.717) is 26.4 Å². The number of alkyl halides is 2. The number of hydrogen-bond donors (Lipinski definition) is 0. The normalized spacial score (nSPS) is 10.6. The summed E-state index contributed by atoms with van der Waals surface area (Å²) >= 11 is 10.8. The van der Waals surface area contributed by atoms with Gasteiger partial charge < -0.3 is 14.4 Å². The van der Waals surface area contributed by atoms with Crippen molar-refractivity contribution in [3.63, 3.8) is 0 Å². The van der Waals surface area contributed by atoms with Crippen LogP contribution in [0.4, 0.5) is 0 Å². The van der Waals surface area contributed by atoms with E-state index in [0.717, 1.165) is 0 Å². The fourth-order valence-corrected chi connectivity index (χ4v) is 1.06. The lowest BCUT2D eigenvalue weighted by Crippen LogP contribution is -2.34. The highest BCUT2D eigenvalue weighted by Gasteiger charge is 2.15. The molecule has 14 heavy (non-hydrogen) atoms. The second-order valence-electron chi connectivity index (χ2n) is 2.67. The first kappa shape index (κ1) is 14.0. The minimum Gasteiger partial charge on any atom is -0.382 e. The molecule has 0 saturated carbocycles. The zero-order valence-corrected chi connectivity index (χ0v) is 9.85. The van der Waals surface area contributed by atoms with Crippen LogP contribution in [0.5, 0.6) is 0 Å². The lowest BCUT2D eigenvalue weighted by atomic mass is 10.5. The van der Waals surface area contributed by atoms with E-state index in [4.69, 9.17) is 32.7 Å². The van der Waals surface area contributed by atoms with Crippen LogP contribution >= 0.6 is 23.2 Å². The van der Waals surface area contributed by atoms with E-state index < -0.39 is 4.84 Å². The Labute approximate surface area is 94.0 Å². The van der Waals surface area contributed by atoms with E-state index >= 15 is 0 Å². The molecule has 0 aromatic rings. The maximum atomic E-state index is 11.1. The Morgan fingerprint density at radius 2 is 2.00 bits per heavy atom. The number of carbonyl (C=O) groups is 1. The van der Waals surface area contributed by atoms with Crippen molar-refractivity contribution in [2.45, 2.75) is 4.84 Å². The predicted octanol–water partition coefficient (Wildman–Crippen LogP) is 0.912. The molecule has 0 N–H and O–H groups in total. The standard InChI is InChI=1S/C8H15Cl2NO3/c1-11(8(12)7(9)10)3-4-14-6-5-13-2/h7H,3-6H2,1-2H3. The number of methoxy groups -OCH3 is 1. The van der Waals surface area contributed by atoms with Gasteiger partial charge in [-0.05, 0) is 0 Å². The van der Waals surface area contributed by atoms with Gasteiger partial charge in [0.05, 0.1) is 19.8 Å². The van der Waals surface area contributed by atoms with Gasteiger partial charge >= 0.3 is 0 Å². The van der Waals surface area contributed by atoms with Gasteiger partial charge in [0.2, 0.25) is 0 Å². The second kappa shape index (κ2) is 8.29. The zero-order chi connectivity index (χ0) is 11.0. The highest BCUT2D eigenvalue weighted by Crippen LogP contribution is 2.04. The Morgan fingerprint density at radius 1 is 1.36 bits per heavy atom. The number of amides is 1. The second-order valence-corrected chi connectivity index (χ2v) is 3.76. The number of likely N-dealkylation sites (N-methyl/N-ethyl adjacent to an activating group) is 1.